The zero-order valence-corrected chi connectivity index (χ0v) is 24.6. The van der Waals surface area contributed by atoms with Crippen molar-refractivity contribution in [2.24, 2.45) is 0 Å². The highest BCUT2D eigenvalue weighted by Crippen LogP contribution is 2.59. The van der Waals surface area contributed by atoms with E-state index < -0.39 is 46.3 Å². The molecule has 0 spiro atoms. The predicted molar refractivity (Wildman–Crippen MR) is 153 cm³/mol. The number of fused-ring (bicyclic) bond motifs is 2. The van der Waals surface area contributed by atoms with Crippen LogP contribution >= 0.6 is 10.8 Å². The van der Waals surface area contributed by atoms with E-state index in [-0.39, 0.29) is 29.1 Å². The largest absolute Gasteiger partial charge is 0.444 e. The number of hydrogen-bond donors (Lipinski definition) is 4. The number of carbonyl (C=O) groups excluding carboxylic acids is 1. The molecule has 0 saturated carbocycles. The summed E-state index contributed by atoms with van der Waals surface area (Å²) >= 11 is 0. The van der Waals surface area contributed by atoms with E-state index in [1.54, 1.807) is 36.4 Å². The fourth-order valence-electron chi connectivity index (χ4n) is 5.52. The minimum absolute atomic E-state index is 0.000236. The molecule has 2 aliphatic heterocycles. The van der Waals surface area contributed by atoms with Gasteiger partial charge >= 0.3 is 12.3 Å². The molecule has 0 unspecified atom stereocenters. The number of nitriles is 1. The van der Waals surface area contributed by atoms with Crippen LogP contribution in [0.2, 0.25) is 0 Å². The van der Waals surface area contributed by atoms with E-state index in [1.807, 2.05) is 0 Å². The van der Waals surface area contributed by atoms with E-state index in [0.717, 1.165) is 0 Å². The molecule has 43 heavy (non-hydrogen) atoms. The molecule has 232 valence electrons. The summed E-state index contributed by atoms with van der Waals surface area (Å²) in [6.45, 7) is 4.13. The van der Waals surface area contributed by atoms with Gasteiger partial charge in [0.2, 0.25) is 0 Å². The summed E-state index contributed by atoms with van der Waals surface area (Å²) < 4.78 is 67.8. The molecule has 2 aromatic heterocycles. The van der Waals surface area contributed by atoms with Crippen molar-refractivity contribution in [2.75, 3.05) is 25.0 Å². The first-order chi connectivity index (χ1) is 20.0. The molecule has 16 heteroatoms. The zero-order chi connectivity index (χ0) is 31.4. The third-order valence-electron chi connectivity index (χ3n) is 7.49. The number of nitrogens with zero attached hydrogens (tertiary/aromatic N) is 5. The van der Waals surface area contributed by atoms with Crippen molar-refractivity contribution in [3.8, 4) is 6.07 Å². The number of ether oxygens (including phenoxy) is 1. The fourth-order valence-corrected chi connectivity index (χ4v) is 7.17. The summed E-state index contributed by atoms with van der Waals surface area (Å²) in [4.78, 5) is 29.9. The van der Waals surface area contributed by atoms with Crippen LogP contribution in [0.25, 0.3) is 10.9 Å². The predicted octanol–water partition coefficient (Wildman–Crippen LogP) is 5.51. The van der Waals surface area contributed by atoms with E-state index >= 15 is 0 Å². The number of pyridine rings is 1. The smallest absolute Gasteiger partial charge is 0.410 e. The number of H-pyrrole nitrogens is 1. The molecule has 5 rings (SSSR count). The summed E-state index contributed by atoms with van der Waals surface area (Å²) in [5.41, 5.74) is -0.834. The Morgan fingerprint density at radius 2 is 1.93 bits per heavy atom. The number of rotatable bonds is 5. The molecular weight excluding hydrogens is 591 g/mol. The van der Waals surface area contributed by atoms with Crippen LogP contribution in [0.15, 0.2) is 40.2 Å². The van der Waals surface area contributed by atoms with Crippen molar-refractivity contribution in [3.05, 3.63) is 46.4 Å². The molecule has 1 aromatic carbocycles. The van der Waals surface area contributed by atoms with Gasteiger partial charge in [0.1, 0.15) is 17.5 Å². The Morgan fingerprint density at radius 1 is 1.23 bits per heavy atom. The van der Waals surface area contributed by atoms with Crippen molar-refractivity contribution in [3.63, 3.8) is 0 Å². The molecule has 2 aliphatic rings. The maximum absolute atomic E-state index is 13.0. The lowest BCUT2D eigenvalue weighted by Gasteiger charge is -2.41. The summed E-state index contributed by atoms with van der Waals surface area (Å²) in [7, 11) is -3.81. The number of hydrogen-bond acceptors (Lipinski definition) is 9. The van der Waals surface area contributed by atoms with Crippen LogP contribution in [0.3, 0.4) is 0 Å². The van der Waals surface area contributed by atoms with Crippen molar-refractivity contribution < 1.29 is 31.8 Å². The zero-order valence-electron chi connectivity index (χ0n) is 23.7. The number of benzene rings is 1. The Morgan fingerprint density at radius 3 is 2.56 bits per heavy atom. The molecule has 12 nitrogen and oxygen atoms in total. The maximum atomic E-state index is 13.0. The van der Waals surface area contributed by atoms with E-state index in [1.165, 1.54) is 24.4 Å². The number of aromatic amines is 1. The lowest BCUT2D eigenvalue weighted by atomic mass is 9.85. The Balaban J connectivity index is 1.47. The van der Waals surface area contributed by atoms with Gasteiger partial charge in [-0.2, -0.15) is 27.8 Å². The molecule has 1 fully saturated rings. The quantitative estimate of drug-likeness (QED) is 0.287. The Kier molecular flexibility index (Phi) is 7.66. The van der Waals surface area contributed by atoms with E-state index in [4.69, 9.17) is 9.84 Å². The van der Waals surface area contributed by atoms with Crippen molar-refractivity contribution >= 4 is 39.3 Å². The number of anilines is 2. The van der Waals surface area contributed by atoms with E-state index in [9.17, 15) is 37.1 Å². The molecule has 0 radical (unpaired) electrons. The van der Waals surface area contributed by atoms with Gasteiger partial charge in [-0.25, -0.2) is 4.79 Å². The first-order valence-electron chi connectivity index (χ1n) is 13.5. The number of halogens is 3. The highest BCUT2D eigenvalue weighted by molar-refractivity contribution is 8.22. The number of nitrogens with one attached hydrogen (secondary N) is 2. The lowest BCUT2D eigenvalue weighted by Crippen LogP contribution is -2.49. The van der Waals surface area contributed by atoms with Crippen molar-refractivity contribution in [1.29, 1.82) is 5.26 Å². The van der Waals surface area contributed by atoms with E-state index in [2.05, 4.69) is 16.4 Å². The van der Waals surface area contributed by atoms with E-state index in [0.29, 0.717) is 47.0 Å². The second-order valence-corrected chi connectivity index (χ2v) is 13.7. The minimum Gasteiger partial charge on any atom is -0.444 e. The molecule has 1 amide bonds. The lowest BCUT2D eigenvalue weighted by molar-refractivity contribution is -0.137. The number of amides is 1. The molecule has 0 bridgehead atoms. The van der Waals surface area contributed by atoms with Crippen LogP contribution in [-0.2, 0) is 16.8 Å². The van der Waals surface area contributed by atoms with Gasteiger partial charge in [0.05, 0.1) is 28.4 Å². The molecule has 0 aliphatic carbocycles. The van der Waals surface area contributed by atoms with Gasteiger partial charge in [0.15, 0.2) is 5.82 Å². The monoisotopic (exact) mass is 623 g/mol. The third kappa shape index (κ3) is 6.03. The normalized spacial score (nSPS) is 19.1. The van der Waals surface area contributed by atoms with Gasteiger partial charge in [0.25, 0.3) is 5.56 Å². The second kappa shape index (κ2) is 10.7. The van der Waals surface area contributed by atoms with Gasteiger partial charge in [0, 0.05) is 31.5 Å². The number of aromatic nitrogens is 3. The van der Waals surface area contributed by atoms with Crippen LogP contribution in [0, 0.1) is 11.3 Å². The number of carbonyl (C=O) groups is 1. The minimum atomic E-state index is -4.62. The van der Waals surface area contributed by atoms with Crippen LogP contribution in [0.5, 0.6) is 0 Å². The maximum Gasteiger partial charge on any atom is 0.410 e. The molecule has 3 aromatic rings. The SMILES string of the molecule is CC(C)(C)OC(=O)N1CCC(CC#N)(n2nc(Nc3ccc4c(c3)CN(CC(F)(F)F)S4(O)O)c3c(=O)[nH]ccc32)CC1. The van der Waals surface area contributed by atoms with Gasteiger partial charge in [-0.1, -0.05) is 0 Å². The van der Waals surface area contributed by atoms with Crippen molar-refractivity contribution in [2.45, 2.75) is 68.8 Å². The van der Waals surface area contributed by atoms with Crippen LogP contribution in [0.4, 0.5) is 29.5 Å². The molecule has 0 atom stereocenters. The van der Waals surface area contributed by atoms with Gasteiger partial charge in [-0.15, -0.1) is 10.8 Å². The molecule has 4 heterocycles. The Hall–Kier alpha value is -3.78. The summed E-state index contributed by atoms with van der Waals surface area (Å²) in [6, 6.07) is 8.19. The number of piperidine rings is 1. The summed E-state index contributed by atoms with van der Waals surface area (Å²) in [5, 5.41) is 17.8. The summed E-state index contributed by atoms with van der Waals surface area (Å²) in [6.07, 6.45) is -2.81. The highest BCUT2D eigenvalue weighted by Gasteiger charge is 2.43. The summed E-state index contributed by atoms with van der Waals surface area (Å²) in [5.74, 6) is 0.153. The average Bonchev–Trinajstić information content (AvgIpc) is 3.38. The van der Waals surface area contributed by atoms with Crippen LogP contribution < -0.4 is 10.9 Å². The molecule has 1 saturated heterocycles. The Bertz CT molecular complexity index is 1650. The van der Waals surface area contributed by atoms with Gasteiger partial charge < -0.3 is 19.9 Å². The first-order valence-corrected chi connectivity index (χ1v) is 15.0. The first kappa shape index (κ1) is 30.7. The van der Waals surface area contributed by atoms with Crippen LogP contribution in [0.1, 0.15) is 45.6 Å². The molecule has 4 N–H and O–H groups in total. The Labute approximate surface area is 246 Å². The topological polar surface area (TPSA) is 160 Å². The van der Waals surface area contributed by atoms with Gasteiger partial charge in [-0.05, 0) is 63.4 Å². The van der Waals surface area contributed by atoms with Crippen molar-refractivity contribution in [1.82, 2.24) is 24.0 Å². The highest BCUT2D eigenvalue weighted by atomic mass is 32.3. The van der Waals surface area contributed by atoms with Gasteiger partial charge in [-0.3, -0.25) is 18.6 Å². The standard InChI is InChI=1S/C27H32F3N7O5S/c1-25(2,3)42-24(39)35-12-8-26(7-10-31,9-13-35)37-19-6-11-32-23(38)21(19)22(34-37)33-18-4-5-20-17(14-18)15-36(43(20,40)41)16-27(28,29)30/h4-6,11,14,40-41H,7-9,12-13,15-16H2,1-3H3,(H,32,38)(H,33,34). The third-order valence-corrected chi connectivity index (χ3v) is 9.45. The number of alkyl halides is 3. The number of likely N-dealkylation sites (tertiary alicyclic amines) is 1. The fraction of sp³-hybridized carbons (Fsp3) is 0.481. The second-order valence-electron chi connectivity index (χ2n) is 11.7. The molecular formula is C27H32F3N7O5S. The van der Waals surface area contributed by atoms with Crippen LogP contribution in [-0.4, -0.2) is 70.6 Å². The average molecular weight is 624 g/mol.